The summed E-state index contributed by atoms with van der Waals surface area (Å²) < 4.78 is 13.3. The molecule has 1 aliphatic rings. The maximum atomic E-state index is 13.3. The van der Waals surface area contributed by atoms with Crippen LogP contribution < -0.4 is 11.1 Å². The third-order valence-corrected chi connectivity index (χ3v) is 6.15. The smallest absolute Gasteiger partial charge is 0.264 e. The number of nitrogens with one attached hydrogen (secondary N) is 1. The lowest BCUT2D eigenvalue weighted by atomic mass is 9.91. The summed E-state index contributed by atoms with van der Waals surface area (Å²) in [6.07, 6.45) is 1.83. The van der Waals surface area contributed by atoms with E-state index in [1.54, 1.807) is 12.1 Å². The van der Waals surface area contributed by atoms with Crippen LogP contribution in [0.5, 0.6) is 0 Å². The van der Waals surface area contributed by atoms with Gasteiger partial charge < -0.3 is 16.0 Å². The number of aryl methyl sites for hydroxylation is 1. The molecule has 3 N–H and O–H groups in total. The van der Waals surface area contributed by atoms with Gasteiger partial charge in [0.05, 0.1) is 9.88 Å². The Morgan fingerprint density at radius 2 is 2.00 bits per heavy atom. The summed E-state index contributed by atoms with van der Waals surface area (Å²) in [5, 5.41) is 3.33. The van der Waals surface area contributed by atoms with E-state index in [4.69, 9.17) is 5.73 Å². The minimum atomic E-state index is -0.462. The first-order valence-corrected chi connectivity index (χ1v) is 9.89. The van der Waals surface area contributed by atoms with E-state index in [1.165, 1.54) is 29.5 Å². The van der Waals surface area contributed by atoms with E-state index in [0.29, 0.717) is 28.9 Å². The number of thiophene rings is 1. The van der Waals surface area contributed by atoms with Crippen molar-refractivity contribution in [2.45, 2.75) is 32.7 Å². The number of carbonyl (C=O) groups is 2. The number of hydrogen-bond acceptors (Lipinski definition) is 4. The van der Waals surface area contributed by atoms with Crippen LogP contribution in [0.15, 0.2) is 30.3 Å². The lowest BCUT2D eigenvalue weighted by molar-refractivity contribution is 0.0685. The van der Waals surface area contributed by atoms with Crippen molar-refractivity contribution < 1.29 is 14.0 Å². The monoisotopic (exact) mass is 389 g/mol. The van der Waals surface area contributed by atoms with Crippen molar-refractivity contribution in [3.63, 3.8) is 0 Å². The zero-order valence-electron chi connectivity index (χ0n) is 15.5. The Bertz CT molecular complexity index is 842. The third kappa shape index (κ3) is 4.54. The van der Waals surface area contributed by atoms with Gasteiger partial charge in [0.15, 0.2) is 0 Å². The lowest BCUT2D eigenvalue weighted by Gasteiger charge is -2.33. The predicted octanol–water partition coefficient (Wildman–Crippen LogP) is 3.65. The van der Waals surface area contributed by atoms with Crippen LogP contribution in [0.25, 0.3) is 0 Å². The number of nitrogens with zero attached hydrogens (tertiary/aromatic N) is 1. The summed E-state index contributed by atoms with van der Waals surface area (Å²) >= 11 is 1.25. The van der Waals surface area contributed by atoms with Crippen molar-refractivity contribution in [1.82, 2.24) is 4.90 Å². The lowest BCUT2D eigenvalue weighted by Crippen LogP contribution is -2.42. The summed E-state index contributed by atoms with van der Waals surface area (Å²) in [7, 11) is 0. The number of likely N-dealkylation sites (tertiary alicyclic amines) is 1. The quantitative estimate of drug-likeness (QED) is 0.838. The van der Waals surface area contributed by atoms with E-state index in [0.717, 1.165) is 18.4 Å². The molecule has 1 aromatic carbocycles. The molecule has 7 heteroatoms. The van der Waals surface area contributed by atoms with E-state index in [2.05, 4.69) is 5.32 Å². The summed E-state index contributed by atoms with van der Waals surface area (Å²) in [6.45, 7) is 5.27. The summed E-state index contributed by atoms with van der Waals surface area (Å²) in [5.41, 5.74) is 7.04. The minimum Gasteiger partial charge on any atom is -0.338 e. The fourth-order valence-electron chi connectivity index (χ4n) is 3.34. The van der Waals surface area contributed by atoms with Gasteiger partial charge in [0.25, 0.3) is 11.8 Å². The maximum Gasteiger partial charge on any atom is 0.264 e. The Labute approximate surface area is 162 Å². The number of amides is 2. The molecule has 1 aromatic heterocycles. The Morgan fingerprint density at radius 1 is 1.30 bits per heavy atom. The van der Waals surface area contributed by atoms with E-state index < -0.39 is 11.7 Å². The minimum absolute atomic E-state index is 0.00752. The largest absolute Gasteiger partial charge is 0.338 e. The Kier molecular flexibility index (Phi) is 5.92. The Balaban J connectivity index is 1.67. The average Bonchev–Trinajstić information content (AvgIpc) is 3.01. The number of nitrogens with two attached hydrogens (primary N) is 1. The summed E-state index contributed by atoms with van der Waals surface area (Å²) in [6, 6.07) is 7.44. The van der Waals surface area contributed by atoms with Crippen LogP contribution >= 0.6 is 11.3 Å². The first kappa shape index (κ1) is 19.5. The van der Waals surface area contributed by atoms with Gasteiger partial charge in [0.1, 0.15) is 5.82 Å². The predicted molar refractivity (Wildman–Crippen MR) is 106 cm³/mol. The van der Waals surface area contributed by atoms with Crippen LogP contribution in [0.3, 0.4) is 0 Å². The van der Waals surface area contributed by atoms with Gasteiger partial charge in [-0.05, 0) is 62.4 Å². The molecule has 1 fully saturated rings. The second kappa shape index (κ2) is 8.19. The maximum absolute atomic E-state index is 13.3. The molecule has 1 atom stereocenters. The molecule has 1 unspecified atom stereocenters. The first-order chi connectivity index (χ1) is 12.8. The van der Waals surface area contributed by atoms with Crippen LogP contribution in [-0.4, -0.2) is 35.8 Å². The number of anilines is 1. The molecule has 2 heterocycles. The molecule has 0 saturated carbocycles. The van der Waals surface area contributed by atoms with Crippen molar-refractivity contribution in [1.29, 1.82) is 0 Å². The van der Waals surface area contributed by atoms with Crippen molar-refractivity contribution >= 4 is 28.2 Å². The second-order valence-corrected chi connectivity index (χ2v) is 8.13. The standard InChI is InChI=1S/C20H24FN3O2S/c1-12-10-17(23-19(25)15-4-3-5-16(21)11-15)27-18(12)20(26)24-8-6-14(7-9-24)13(2)22/h3-5,10-11,13-14H,6-9,22H2,1-2H3,(H,23,25). The van der Waals surface area contributed by atoms with Crippen LogP contribution in [0.2, 0.25) is 0 Å². The molecule has 0 bridgehead atoms. The number of benzene rings is 1. The average molecular weight is 389 g/mol. The molecule has 2 amide bonds. The molecule has 144 valence electrons. The summed E-state index contributed by atoms with van der Waals surface area (Å²) in [5.74, 6) is -0.407. The van der Waals surface area contributed by atoms with Gasteiger partial charge in [-0.2, -0.15) is 0 Å². The highest BCUT2D eigenvalue weighted by Crippen LogP contribution is 2.30. The van der Waals surface area contributed by atoms with Crippen molar-refractivity contribution in [2.24, 2.45) is 11.7 Å². The molecule has 0 spiro atoms. The van der Waals surface area contributed by atoms with Crippen molar-refractivity contribution in [2.75, 3.05) is 18.4 Å². The zero-order chi connectivity index (χ0) is 19.6. The van der Waals surface area contributed by atoms with E-state index in [1.807, 2.05) is 18.7 Å². The molecule has 5 nitrogen and oxygen atoms in total. The van der Waals surface area contributed by atoms with Crippen LogP contribution in [0.1, 0.15) is 45.4 Å². The van der Waals surface area contributed by atoms with E-state index in [-0.39, 0.29) is 17.5 Å². The highest BCUT2D eigenvalue weighted by Gasteiger charge is 2.27. The van der Waals surface area contributed by atoms with Gasteiger partial charge in [-0.15, -0.1) is 11.3 Å². The SMILES string of the molecule is Cc1cc(NC(=O)c2cccc(F)c2)sc1C(=O)N1CCC(C(C)N)CC1. The zero-order valence-corrected chi connectivity index (χ0v) is 16.3. The molecule has 3 rings (SSSR count). The van der Waals surface area contributed by atoms with Gasteiger partial charge in [0.2, 0.25) is 0 Å². The molecule has 27 heavy (non-hydrogen) atoms. The number of hydrogen-bond donors (Lipinski definition) is 2. The highest BCUT2D eigenvalue weighted by atomic mass is 32.1. The van der Waals surface area contributed by atoms with Crippen LogP contribution in [-0.2, 0) is 0 Å². The van der Waals surface area contributed by atoms with Gasteiger partial charge in [-0.3, -0.25) is 9.59 Å². The van der Waals surface area contributed by atoms with E-state index in [9.17, 15) is 14.0 Å². The number of rotatable bonds is 4. The molecular weight excluding hydrogens is 365 g/mol. The van der Waals surface area contributed by atoms with Crippen LogP contribution in [0.4, 0.5) is 9.39 Å². The molecule has 0 radical (unpaired) electrons. The van der Waals surface area contributed by atoms with Gasteiger partial charge in [-0.25, -0.2) is 4.39 Å². The van der Waals surface area contributed by atoms with Gasteiger partial charge >= 0.3 is 0 Å². The van der Waals surface area contributed by atoms with Crippen molar-refractivity contribution in [3.05, 3.63) is 52.2 Å². The Hall–Kier alpha value is -2.25. The number of halogens is 1. The highest BCUT2D eigenvalue weighted by molar-refractivity contribution is 7.18. The second-order valence-electron chi connectivity index (χ2n) is 7.08. The molecule has 1 saturated heterocycles. The topological polar surface area (TPSA) is 75.4 Å². The van der Waals surface area contributed by atoms with Gasteiger partial charge in [-0.1, -0.05) is 6.07 Å². The molecule has 0 aliphatic carbocycles. The number of carbonyl (C=O) groups excluding carboxylic acids is 2. The molecule has 2 aromatic rings. The fraction of sp³-hybridized carbons (Fsp3) is 0.400. The Morgan fingerprint density at radius 3 is 2.63 bits per heavy atom. The normalized spacial score (nSPS) is 16.2. The van der Waals surface area contributed by atoms with E-state index >= 15 is 0 Å². The fourth-order valence-corrected chi connectivity index (χ4v) is 4.38. The van der Waals surface area contributed by atoms with Gasteiger partial charge in [0, 0.05) is 24.7 Å². The van der Waals surface area contributed by atoms with Crippen LogP contribution in [0, 0.1) is 18.7 Å². The molecular formula is C20H24FN3O2S. The third-order valence-electron chi connectivity index (χ3n) is 5.01. The first-order valence-electron chi connectivity index (χ1n) is 9.07. The van der Waals surface area contributed by atoms with Crippen molar-refractivity contribution in [3.8, 4) is 0 Å². The number of piperidine rings is 1. The molecule has 1 aliphatic heterocycles. The summed E-state index contributed by atoms with van der Waals surface area (Å²) in [4.78, 5) is 27.6.